The summed E-state index contributed by atoms with van der Waals surface area (Å²) in [7, 11) is 1.81. The SMILES string of the molecule is COC1(C(C)(C)C2=CC=CC2)C=CC=CC1. The first kappa shape index (κ1) is 11.4. The molecule has 2 rings (SSSR count). The van der Waals surface area contributed by atoms with Crippen LogP contribution in [0.3, 0.4) is 0 Å². The monoisotopic (exact) mass is 216 g/mol. The Bertz CT molecular complexity index is 382. The molecule has 0 heterocycles. The van der Waals surface area contributed by atoms with Crippen LogP contribution in [0, 0.1) is 5.41 Å². The predicted molar refractivity (Wildman–Crippen MR) is 68.3 cm³/mol. The molecule has 0 amide bonds. The fourth-order valence-corrected chi connectivity index (χ4v) is 2.65. The molecule has 0 saturated carbocycles. The number of hydrogen-bond donors (Lipinski definition) is 0. The summed E-state index contributed by atoms with van der Waals surface area (Å²) in [5.74, 6) is 0. The topological polar surface area (TPSA) is 9.23 Å². The lowest BCUT2D eigenvalue weighted by atomic mass is 9.66. The summed E-state index contributed by atoms with van der Waals surface area (Å²) in [6.07, 6.45) is 17.2. The minimum absolute atomic E-state index is 0.0342. The first-order valence-electron chi connectivity index (χ1n) is 5.88. The molecule has 0 fully saturated rings. The Morgan fingerprint density at radius 2 is 2.00 bits per heavy atom. The van der Waals surface area contributed by atoms with Crippen molar-refractivity contribution in [1.29, 1.82) is 0 Å². The van der Waals surface area contributed by atoms with E-state index in [0.29, 0.717) is 0 Å². The highest BCUT2D eigenvalue weighted by Gasteiger charge is 2.45. The zero-order valence-electron chi connectivity index (χ0n) is 10.4. The van der Waals surface area contributed by atoms with E-state index in [-0.39, 0.29) is 11.0 Å². The fraction of sp³-hybridized carbons (Fsp3) is 0.467. The van der Waals surface area contributed by atoms with Crippen LogP contribution < -0.4 is 0 Å². The largest absolute Gasteiger partial charge is 0.373 e. The number of hydrogen-bond acceptors (Lipinski definition) is 1. The molecule has 0 spiro atoms. The van der Waals surface area contributed by atoms with Crippen molar-refractivity contribution in [2.24, 2.45) is 5.41 Å². The van der Waals surface area contributed by atoms with Crippen LogP contribution in [0.2, 0.25) is 0 Å². The van der Waals surface area contributed by atoms with Crippen molar-refractivity contribution in [3.63, 3.8) is 0 Å². The van der Waals surface area contributed by atoms with Gasteiger partial charge in [0.1, 0.15) is 0 Å². The quantitative estimate of drug-likeness (QED) is 0.697. The van der Waals surface area contributed by atoms with Crippen LogP contribution >= 0.6 is 0 Å². The average molecular weight is 216 g/mol. The van der Waals surface area contributed by atoms with Gasteiger partial charge in [0.25, 0.3) is 0 Å². The van der Waals surface area contributed by atoms with Gasteiger partial charge in [-0.2, -0.15) is 0 Å². The van der Waals surface area contributed by atoms with Gasteiger partial charge in [0.15, 0.2) is 0 Å². The lowest BCUT2D eigenvalue weighted by Gasteiger charge is -2.45. The van der Waals surface area contributed by atoms with Gasteiger partial charge in [-0.1, -0.05) is 62.0 Å². The normalized spacial score (nSPS) is 28.6. The van der Waals surface area contributed by atoms with E-state index in [1.807, 2.05) is 7.11 Å². The van der Waals surface area contributed by atoms with Gasteiger partial charge < -0.3 is 4.74 Å². The molecule has 1 heteroatoms. The first-order valence-corrected chi connectivity index (χ1v) is 5.88. The number of rotatable bonds is 3. The van der Waals surface area contributed by atoms with E-state index < -0.39 is 0 Å². The Morgan fingerprint density at radius 3 is 2.50 bits per heavy atom. The van der Waals surface area contributed by atoms with Crippen LogP contribution in [0.1, 0.15) is 26.7 Å². The van der Waals surface area contributed by atoms with Crippen molar-refractivity contribution in [3.8, 4) is 0 Å². The van der Waals surface area contributed by atoms with Gasteiger partial charge in [-0.25, -0.2) is 0 Å². The van der Waals surface area contributed by atoms with Gasteiger partial charge in [-0.05, 0) is 12.8 Å². The summed E-state index contributed by atoms with van der Waals surface area (Å²) in [4.78, 5) is 0. The highest BCUT2D eigenvalue weighted by atomic mass is 16.5. The molecule has 1 unspecified atom stereocenters. The summed E-state index contributed by atoms with van der Waals surface area (Å²) >= 11 is 0. The molecule has 0 aromatic carbocycles. The van der Waals surface area contributed by atoms with Crippen molar-refractivity contribution >= 4 is 0 Å². The minimum atomic E-state index is -0.195. The Balaban J connectivity index is 2.33. The Morgan fingerprint density at radius 1 is 1.19 bits per heavy atom. The predicted octanol–water partition coefficient (Wildman–Crippen LogP) is 3.80. The molecule has 0 radical (unpaired) electrons. The Labute approximate surface area is 98.2 Å². The molecule has 0 aromatic heterocycles. The minimum Gasteiger partial charge on any atom is -0.373 e. The van der Waals surface area contributed by atoms with Crippen molar-refractivity contribution < 1.29 is 4.74 Å². The second kappa shape index (κ2) is 4.06. The molecule has 0 aromatic rings. The third-order valence-electron chi connectivity index (χ3n) is 4.03. The molecule has 0 N–H and O–H groups in total. The summed E-state index contributed by atoms with van der Waals surface area (Å²) in [5.41, 5.74) is 1.29. The molecule has 1 nitrogen and oxygen atoms in total. The van der Waals surface area contributed by atoms with Crippen LogP contribution in [0.5, 0.6) is 0 Å². The van der Waals surface area contributed by atoms with E-state index in [9.17, 15) is 0 Å². The van der Waals surface area contributed by atoms with Gasteiger partial charge in [0.05, 0.1) is 5.60 Å². The number of allylic oxidation sites excluding steroid dienone is 5. The second-order valence-electron chi connectivity index (χ2n) is 5.03. The van der Waals surface area contributed by atoms with Crippen molar-refractivity contribution in [3.05, 3.63) is 48.1 Å². The number of methoxy groups -OCH3 is 1. The van der Waals surface area contributed by atoms with Crippen molar-refractivity contribution in [2.75, 3.05) is 7.11 Å². The third-order valence-corrected chi connectivity index (χ3v) is 4.03. The molecule has 16 heavy (non-hydrogen) atoms. The molecule has 1 atom stereocenters. The molecule has 0 saturated heterocycles. The van der Waals surface area contributed by atoms with Gasteiger partial charge >= 0.3 is 0 Å². The van der Waals surface area contributed by atoms with Crippen molar-refractivity contribution in [1.82, 2.24) is 0 Å². The van der Waals surface area contributed by atoms with E-state index >= 15 is 0 Å². The van der Waals surface area contributed by atoms with Gasteiger partial charge in [0.2, 0.25) is 0 Å². The Kier molecular flexibility index (Phi) is 2.90. The molecule has 0 aliphatic heterocycles. The van der Waals surface area contributed by atoms with Crippen LogP contribution in [-0.4, -0.2) is 12.7 Å². The van der Waals surface area contributed by atoms with Crippen LogP contribution in [0.15, 0.2) is 48.1 Å². The van der Waals surface area contributed by atoms with Gasteiger partial charge in [0, 0.05) is 12.5 Å². The maximum atomic E-state index is 5.85. The average Bonchev–Trinajstić information content (AvgIpc) is 2.84. The third kappa shape index (κ3) is 1.60. The van der Waals surface area contributed by atoms with Crippen LogP contribution in [0.25, 0.3) is 0 Å². The lowest BCUT2D eigenvalue weighted by Crippen LogP contribution is -2.46. The molecule has 2 aliphatic rings. The highest BCUT2D eigenvalue weighted by Crippen LogP contribution is 2.47. The molecule has 2 aliphatic carbocycles. The van der Waals surface area contributed by atoms with Crippen LogP contribution in [-0.2, 0) is 4.74 Å². The second-order valence-corrected chi connectivity index (χ2v) is 5.03. The van der Waals surface area contributed by atoms with E-state index in [4.69, 9.17) is 4.74 Å². The summed E-state index contributed by atoms with van der Waals surface area (Å²) in [6.45, 7) is 4.55. The summed E-state index contributed by atoms with van der Waals surface area (Å²) in [6, 6.07) is 0. The van der Waals surface area contributed by atoms with Crippen molar-refractivity contribution in [2.45, 2.75) is 32.3 Å². The van der Waals surface area contributed by atoms with E-state index in [0.717, 1.165) is 12.8 Å². The zero-order valence-corrected chi connectivity index (χ0v) is 10.4. The van der Waals surface area contributed by atoms with E-state index in [1.165, 1.54) is 5.57 Å². The van der Waals surface area contributed by atoms with Crippen LogP contribution in [0.4, 0.5) is 0 Å². The summed E-state index contributed by atoms with van der Waals surface area (Å²) in [5, 5.41) is 0. The van der Waals surface area contributed by atoms with E-state index in [2.05, 4.69) is 56.4 Å². The molecular weight excluding hydrogens is 196 g/mol. The smallest absolute Gasteiger partial charge is 0.0983 e. The molecule has 0 bridgehead atoms. The summed E-state index contributed by atoms with van der Waals surface area (Å²) < 4.78 is 5.85. The van der Waals surface area contributed by atoms with Gasteiger partial charge in [-0.15, -0.1) is 0 Å². The maximum Gasteiger partial charge on any atom is 0.0983 e. The molecular formula is C15H20O. The lowest BCUT2D eigenvalue weighted by molar-refractivity contribution is -0.0429. The fourth-order valence-electron chi connectivity index (χ4n) is 2.65. The number of ether oxygens (including phenoxy) is 1. The maximum absolute atomic E-state index is 5.85. The first-order chi connectivity index (χ1) is 7.62. The standard InChI is InChI=1S/C15H20O/c1-14(2,13-9-5-6-10-13)15(16-3)11-7-4-8-12-15/h4-9,11H,10,12H2,1-3H3. The highest BCUT2D eigenvalue weighted by molar-refractivity contribution is 5.35. The van der Waals surface area contributed by atoms with E-state index in [1.54, 1.807) is 0 Å². The Hall–Kier alpha value is -1.08. The van der Waals surface area contributed by atoms with Gasteiger partial charge in [-0.3, -0.25) is 0 Å². The zero-order chi connectivity index (χ0) is 11.6. The molecule has 86 valence electrons.